The van der Waals surface area contributed by atoms with Gasteiger partial charge in [-0.15, -0.1) is 0 Å². The Balaban J connectivity index is 3.56. The van der Waals surface area contributed by atoms with Crippen LogP contribution in [0.25, 0.3) is 0 Å². The predicted octanol–water partition coefficient (Wildman–Crippen LogP) is 10.1. The number of rotatable bonds is 26. The van der Waals surface area contributed by atoms with Crippen LogP contribution in [0, 0.1) is 0 Å². The van der Waals surface area contributed by atoms with E-state index in [1.54, 1.807) is 0 Å². The molecule has 0 aromatic rings. The molecule has 3 nitrogen and oxygen atoms in total. The van der Waals surface area contributed by atoms with Gasteiger partial charge in [0.15, 0.2) is 0 Å². The molecule has 0 aromatic heterocycles. The maximum atomic E-state index is 12.1. The molecule has 0 aliphatic heterocycles. The van der Waals surface area contributed by atoms with Crippen LogP contribution in [0.1, 0.15) is 162 Å². The van der Waals surface area contributed by atoms with E-state index in [4.69, 9.17) is 0 Å². The van der Waals surface area contributed by atoms with Gasteiger partial charge in [0.2, 0.25) is 0 Å². The topological polar surface area (TPSA) is 40.1 Å². The summed E-state index contributed by atoms with van der Waals surface area (Å²) in [4.78, 5) is 12.1. The van der Waals surface area contributed by atoms with E-state index in [9.17, 15) is 9.46 Å². The van der Waals surface area contributed by atoms with Crippen molar-refractivity contribution in [2.75, 3.05) is 21.1 Å². The maximum Gasteiger partial charge on any atom is 0.376 e. The average Bonchev–Trinajstić information content (AvgIpc) is 2.80. The highest BCUT2D eigenvalue weighted by molar-refractivity contribution is 7.38. The SMILES string of the molecule is CCCCCCCCCCCCCCCCCC/C=C\CCCCC(CCC)([P+](=O)[O-])[N+](C)(C)C. The summed E-state index contributed by atoms with van der Waals surface area (Å²) in [5.74, 6) is 0. The minimum atomic E-state index is -2.44. The van der Waals surface area contributed by atoms with Gasteiger partial charge >= 0.3 is 8.03 Å². The van der Waals surface area contributed by atoms with Gasteiger partial charge < -0.3 is 4.89 Å². The molecule has 35 heavy (non-hydrogen) atoms. The molecule has 0 radical (unpaired) electrons. The summed E-state index contributed by atoms with van der Waals surface area (Å²) in [5.41, 5.74) is 0. The van der Waals surface area contributed by atoms with E-state index >= 15 is 0 Å². The Bertz CT molecular complexity index is 515. The summed E-state index contributed by atoms with van der Waals surface area (Å²) in [7, 11) is 3.64. The van der Waals surface area contributed by atoms with Gasteiger partial charge in [0, 0.05) is 12.8 Å². The fourth-order valence-corrected chi connectivity index (χ4v) is 6.58. The Morgan fingerprint density at radius 1 is 0.571 bits per heavy atom. The van der Waals surface area contributed by atoms with Crippen LogP contribution in [0.5, 0.6) is 0 Å². The Kier molecular flexibility index (Phi) is 22.8. The van der Waals surface area contributed by atoms with Gasteiger partial charge in [-0.1, -0.05) is 127 Å². The van der Waals surface area contributed by atoms with Gasteiger partial charge in [-0.3, -0.25) is 4.48 Å². The predicted molar refractivity (Wildman–Crippen MR) is 155 cm³/mol. The molecule has 0 N–H and O–H groups in total. The van der Waals surface area contributed by atoms with Gasteiger partial charge in [0.05, 0.1) is 21.1 Å². The van der Waals surface area contributed by atoms with E-state index in [0.717, 1.165) is 38.5 Å². The molecule has 0 aromatic carbocycles. The van der Waals surface area contributed by atoms with Crippen molar-refractivity contribution in [1.29, 1.82) is 0 Å². The molecule has 0 bridgehead atoms. The van der Waals surface area contributed by atoms with Crippen molar-refractivity contribution in [2.24, 2.45) is 0 Å². The third-order valence-electron chi connectivity index (χ3n) is 7.83. The smallest absolute Gasteiger partial charge is 0.376 e. The first-order chi connectivity index (χ1) is 16.8. The summed E-state index contributed by atoms with van der Waals surface area (Å²) < 4.78 is 12.6. The van der Waals surface area contributed by atoms with Gasteiger partial charge in [0.25, 0.3) is 5.28 Å². The van der Waals surface area contributed by atoms with Crippen molar-refractivity contribution in [3.63, 3.8) is 0 Å². The van der Waals surface area contributed by atoms with Gasteiger partial charge in [-0.2, -0.15) is 0 Å². The van der Waals surface area contributed by atoms with Crippen LogP contribution in [0.3, 0.4) is 0 Å². The zero-order chi connectivity index (χ0) is 26.3. The number of quaternary nitrogens is 1. The molecular formula is C31H63NO2P+. The fraction of sp³-hybridized carbons (Fsp3) is 0.935. The third-order valence-corrected chi connectivity index (χ3v) is 9.55. The normalized spacial score (nSPS) is 14.5. The molecule has 4 heteroatoms. The first-order valence-corrected chi connectivity index (χ1v) is 16.6. The lowest BCUT2D eigenvalue weighted by molar-refractivity contribution is -0.910. The minimum absolute atomic E-state index is 0.509. The van der Waals surface area contributed by atoms with Crippen molar-refractivity contribution < 1.29 is 13.9 Å². The van der Waals surface area contributed by atoms with Crippen molar-refractivity contribution in [1.82, 2.24) is 0 Å². The van der Waals surface area contributed by atoms with E-state index < -0.39 is 13.3 Å². The van der Waals surface area contributed by atoms with Crippen LogP contribution in [0.15, 0.2) is 12.2 Å². The molecule has 0 fully saturated rings. The molecule has 0 amide bonds. The molecule has 208 valence electrons. The largest absolute Gasteiger partial charge is 0.590 e. The number of hydrogen-bond donors (Lipinski definition) is 0. The van der Waals surface area contributed by atoms with E-state index in [1.807, 2.05) is 21.1 Å². The Hall–Kier alpha value is -0.240. The second-order valence-electron chi connectivity index (χ2n) is 11.8. The van der Waals surface area contributed by atoms with Crippen LogP contribution in [-0.2, 0) is 4.57 Å². The molecule has 0 saturated heterocycles. The molecular weight excluding hydrogens is 449 g/mol. The highest BCUT2D eigenvalue weighted by Crippen LogP contribution is 2.45. The van der Waals surface area contributed by atoms with Crippen LogP contribution in [0.4, 0.5) is 0 Å². The number of unbranched alkanes of at least 4 members (excludes halogenated alkanes) is 18. The number of allylic oxidation sites excluding steroid dienone is 2. The zero-order valence-electron chi connectivity index (χ0n) is 24.6. The van der Waals surface area contributed by atoms with Crippen molar-refractivity contribution in [3.8, 4) is 0 Å². The zero-order valence-corrected chi connectivity index (χ0v) is 25.5. The van der Waals surface area contributed by atoms with Gasteiger partial charge in [-0.05, 0) is 38.5 Å². The minimum Gasteiger partial charge on any atom is -0.590 e. The van der Waals surface area contributed by atoms with Crippen LogP contribution >= 0.6 is 8.03 Å². The quantitative estimate of drug-likeness (QED) is 0.0500. The standard InChI is InChI=1S/C31H63NO2P/c1-6-8-9-10-11-12-13-14-15-16-17-18-19-20-21-22-23-24-25-26-27-28-30-31(29-7-2,35(33)34)32(3,4)5/h24-25H,6-23,26-30H2,1-5H3/q+1/b25-24-. The fourth-order valence-electron chi connectivity index (χ4n) is 5.34. The lowest BCUT2D eigenvalue weighted by Gasteiger charge is -2.39. The summed E-state index contributed by atoms with van der Waals surface area (Å²) in [6, 6.07) is 0. The summed E-state index contributed by atoms with van der Waals surface area (Å²) >= 11 is 0. The van der Waals surface area contributed by atoms with Crippen molar-refractivity contribution >= 4 is 8.03 Å². The van der Waals surface area contributed by atoms with Gasteiger partial charge in [0.1, 0.15) is 0 Å². The first kappa shape index (κ1) is 34.8. The second kappa shape index (κ2) is 22.9. The highest BCUT2D eigenvalue weighted by Gasteiger charge is 2.53. The van der Waals surface area contributed by atoms with E-state index in [1.165, 1.54) is 109 Å². The maximum absolute atomic E-state index is 12.1. The molecule has 0 saturated carbocycles. The summed E-state index contributed by atoms with van der Waals surface area (Å²) in [5, 5.41) is -0.610. The lowest BCUT2D eigenvalue weighted by atomic mass is 10.00. The highest BCUT2D eigenvalue weighted by atomic mass is 31.1. The van der Waals surface area contributed by atoms with Crippen molar-refractivity contribution in [3.05, 3.63) is 12.2 Å². The summed E-state index contributed by atoms with van der Waals surface area (Å²) in [6.07, 6.45) is 34.2. The van der Waals surface area contributed by atoms with Gasteiger partial charge in [-0.25, -0.2) is 0 Å². The molecule has 0 aliphatic rings. The van der Waals surface area contributed by atoms with Crippen LogP contribution in [-0.4, -0.2) is 30.9 Å². The van der Waals surface area contributed by atoms with E-state index in [0.29, 0.717) is 4.48 Å². The number of nitrogens with zero attached hydrogens (tertiary/aromatic N) is 1. The lowest BCUT2D eigenvalue weighted by Crippen LogP contribution is -2.55. The molecule has 2 atom stereocenters. The first-order valence-electron chi connectivity index (χ1n) is 15.4. The van der Waals surface area contributed by atoms with E-state index in [-0.39, 0.29) is 0 Å². The van der Waals surface area contributed by atoms with Crippen LogP contribution < -0.4 is 4.89 Å². The molecule has 0 heterocycles. The molecule has 0 aliphatic carbocycles. The molecule has 0 rings (SSSR count). The second-order valence-corrected chi connectivity index (χ2v) is 13.2. The molecule has 2 unspecified atom stereocenters. The Labute approximate surface area is 222 Å². The Morgan fingerprint density at radius 2 is 0.943 bits per heavy atom. The monoisotopic (exact) mass is 512 g/mol. The van der Waals surface area contributed by atoms with E-state index in [2.05, 4.69) is 26.0 Å². The number of hydrogen-bond acceptors (Lipinski definition) is 2. The van der Waals surface area contributed by atoms with Crippen LogP contribution in [0.2, 0.25) is 0 Å². The molecule has 0 spiro atoms. The summed E-state index contributed by atoms with van der Waals surface area (Å²) in [6.45, 7) is 4.38. The average molecular weight is 513 g/mol. The third kappa shape index (κ3) is 17.8. The Morgan fingerprint density at radius 3 is 1.29 bits per heavy atom. The van der Waals surface area contributed by atoms with Crippen molar-refractivity contribution in [2.45, 2.75) is 167 Å².